The lowest BCUT2D eigenvalue weighted by Gasteiger charge is -2.26. The van der Waals surface area contributed by atoms with E-state index in [1.54, 1.807) is 0 Å². The van der Waals surface area contributed by atoms with Crippen molar-refractivity contribution in [2.45, 2.75) is 38.0 Å². The number of aliphatic hydroxyl groups is 1. The Morgan fingerprint density at radius 3 is 2.37 bits per heavy atom. The molecule has 1 rings (SSSR count). The van der Waals surface area contributed by atoms with Crippen LogP contribution in [0.4, 0.5) is 17.6 Å². The summed E-state index contributed by atoms with van der Waals surface area (Å²) in [6.45, 7) is 1.28. The van der Waals surface area contributed by atoms with E-state index in [0.29, 0.717) is 0 Å². The summed E-state index contributed by atoms with van der Waals surface area (Å²) in [5.74, 6) is -0.576. The van der Waals surface area contributed by atoms with Gasteiger partial charge in [-0.2, -0.15) is 13.2 Å². The third-order valence-electron chi connectivity index (χ3n) is 2.86. The van der Waals surface area contributed by atoms with Crippen LogP contribution in [0.1, 0.15) is 31.7 Å². The Morgan fingerprint density at radius 2 is 1.84 bits per heavy atom. The maximum absolute atomic E-state index is 13.7. The summed E-state index contributed by atoms with van der Waals surface area (Å²) in [5.41, 5.74) is -1.82. The zero-order valence-corrected chi connectivity index (χ0v) is 10.7. The van der Waals surface area contributed by atoms with Gasteiger partial charge in [0.25, 0.3) is 0 Å². The second-order valence-electron chi connectivity index (χ2n) is 4.56. The van der Waals surface area contributed by atoms with E-state index in [9.17, 15) is 22.7 Å². The van der Waals surface area contributed by atoms with Crippen molar-refractivity contribution < 1.29 is 27.4 Å². The molecule has 2 nitrogen and oxygen atoms in total. The van der Waals surface area contributed by atoms with Crippen molar-refractivity contribution in [2.75, 3.05) is 7.11 Å². The van der Waals surface area contributed by atoms with Gasteiger partial charge in [0.2, 0.25) is 0 Å². The Bertz CT molecular complexity index is 427. The smallest absolute Gasteiger partial charge is 0.389 e. The monoisotopic (exact) mass is 280 g/mol. The van der Waals surface area contributed by atoms with Gasteiger partial charge in [-0.25, -0.2) is 4.39 Å². The van der Waals surface area contributed by atoms with Gasteiger partial charge in [-0.15, -0.1) is 0 Å². The van der Waals surface area contributed by atoms with Gasteiger partial charge in [0.1, 0.15) is 11.6 Å². The topological polar surface area (TPSA) is 29.5 Å². The fourth-order valence-corrected chi connectivity index (χ4v) is 1.96. The molecule has 1 aromatic carbocycles. The fourth-order valence-electron chi connectivity index (χ4n) is 1.96. The third-order valence-corrected chi connectivity index (χ3v) is 2.86. The van der Waals surface area contributed by atoms with E-state index < -0.39 is 24.0 Å². The average Bonchev–Trinajstić information content (AvgIpc) is 2.26. The molecular formula is C13H16F4O2. The van der Waals surface area contributed by atoms with Crippen molar-refractivity contribution in [1.82, 2.24) is 0 Å². The van der Waals surface area contributed by atoms with Crippen LogP contribution in [0.25, 0.3) is 0 Å². The summed E-state index contributed by atoms with van der Waals surface area (Å²) >= 11 is 0. The first kappa shape index (κ1) is 15.8. The quantitative estimate of drug-likeness (QED) is 0.832. The molecule has 0 aliphatic rings. The van der Waals surface area contributed by atoms with Crippen molar-refractivity contribution in [3.05, 3.63) is 29.6 Å². The molecule has 0 heterocycles. The predicted molar refractivity (Wildman–Crippen MR) is 62.4 cm³/mol. The van der Waals surface area contributed by atoms with E-state index in [0.717, 1.165) is 6.07 Å². The van der Waals surface area contributed by atoms with Gasteiger partial charge >= 0.3 is 6.18 Å². The molecule has 1 N–H and O–H groups in total. The lowest BCUT2D eigenvalue weighted by atomic mass is 9.89. The molecule has 1 atom stereocenters. The number of ether oxygens (including phenoxy) is 1. The number of benzene rings is 1. The summed E-state index contributed by atoms with van der Waals surface area (Å²) in [4.78, 5) is 0. The van der Waals surface area contributed by atoms with Crippen molar-refractivity contribution in [1.29, 1.82) is 0 Å². The first-order valence-electron chi connectivity index (χ1n) is 5.79. The lowest BCUT2D eigenvalue weighted by molar-refractivity contribution is -0.137. The maximum atomic E-state index is 13.7. The number of hydrogen-bond donors (Lipinski definition) is 1. The second-order valence-corrected chi connectivity index (χ2v) is 4.56. The van der Waals surface area contributed by atoms with E-state index in [2.05, 4.69) is 0 Å². The highest BCUT2D eigenvalue weighted by molar-refractivity contribution is 5.38. The summed E-state index contributed by atoms with van der Waals surface area (Å²) in [5, 5.41) is 10.2. The summed E-state index contributed by atoms with van der Waals surface area (Å²) in [6, 6.07) is 4.00. The molecule has 0 radical (unpaired) electrons. The fraction of sp³-hybridized carbons (Fsp3) is 0.538. The minimum absolute atomic E-state index is 0.111. The number of alkyl halides is 3. The highest BCUT2D eigenvalue weighted by atomic mass is 19.4. The van der Waals surface area contributed by atoms with Crippen molar-refractivity contribution in [2.24, 2.45) is 0 Å². The van der Waals surface area contributed by atoms with Crippen LogP contribution in [0.3, 0.4) is 0 Å². The van der Waals surface area contributed by atoms with E-state index in [1.807, 2.05) is 0 Å². The molecule has 0 spiro atoms. The number of hydrogen-bond acceptors (Lipinski definition) is 2. The molecule has 108 valence electrons. The van der Waals surface area contributed by atoms with Crippen LogP contribution in [-0.4, -0.2) is 18.4 Å². The second kappa shape index (κ2) is 5.77. The van der Waals surface area contributed by atoms with Gasteiger partial charge in [-0.1, -0.05) is 6.07 Å². The first-order chi connectivity index (χ1) is 8.67. The number of rotatable bonds is 5. The van der Waals surface area contributed by atoms with Crippen LogP contribution in [-0.2, 0) is 5.60 Å². The van der Waals surface area contributed by atoms with Crippen LogP contribution in [0, 0.1) is 5.82 Å². The van der Waals surface area contributed by atoms with Gasteiger partial charge in [0.15, 0.2) is 0 Å². The largest absolute Gasteiger partial charge is 0.496 e. The lowest BCUT2D eigenvalue weighted by Crippen LogP contribution is -2.24. The molecule has 1 aromatic rings. The van der Waals surface area contributed by atoms with Crippen molar-refractivity contribution >= 4 is 0 Å². The molecule has 0 saturated heterocycles. The first-order valence-corrected chi connectivity index (χ1v) is 5.79. The Morgan fingerprint density at radius 1 is 1.21 bits per heavy atom. The standard InChI is InChI=1S/C13H16F4O2/c1-12(18,7-4-8-13(15,16)17)11-9(14)5-3-6-10(11)19-2/h3,5-6,18H,4,7-8H2,1-2H3. The predicted octanol–water partition coefficient (Wildman–Crippen LogP) is 3.77. The summed E-state index contributed by atoms with van der Waals surface area (Å²) in [7, 11) is 1.31. The van der Waals surface area contributed by atoms with E-state index in [-0.39, 0.29) is 24.2 Å². The molecule has 0 bridgehead atoms. The van der Waals surface area contributed by atoms with Gasteiger partial charge in [-0.3, -0.25) is 0 Å². The van der Waals surface area contributed by atoms with Gasteiger partial charge in [0, 0.05) is 6.42 Å². The van der Waals surface area contributed by atoms with Crippen LogP contribution in [0.2, 0.25) is 0 Å². The Balaban J connectivity index is 2.88. The number of halogens is 4. The minimum Gasteiger partial charge on any atom is -0.496 e. The van der Waals surface area contributed by atoms with Crippen LogP contribution < -0.4 is 4.74 Å². The Hall–Kier alpha value is -1.30. The zero-order valence-electron chi connectivity index (χ0n) is 10.7. The zero-order chi connectivity index (χ0) is 14.7. The molecule has 19 heavy (non-hydrogen) atoms. The van der Waals surface area contributed by atoms with Gasteiger partial charge < -0.3 is 9.84 Å². The molecular weight excluding hydrogens is 264 g/mol. The third kappa shape index (κ3) is 4.38. The van der Waals surface area contributed by atoms with E-state index in [4.69, 9.17) is 4.74 Å². The summed E-state index contributed by atoms with van der Waals surface area (Å²) in [6.07, 6.45) is -5.78. The molecule has 0 fully saturated rings. The number of methoxy groups -OCH3 is 1. The van der Waals surface area contributed by atoms with E-state index >= 15 is 0 Å². The SMILES string of the molecule is COc1cccc(F)c1C(C)(O)CCCC(F)(F)F. The normalized spacial score (nSPS) is 15.1. The molecule has 1 unspecified atom stereocenters. The molecule has 0 amide bonds. The molecule has 6 heteroatoms. The molecule has 0 aliphatic carbocycles. The average molecular weight is 280 g/mol. The van der Waals surface area contributed by atoms with Crippen LogP contribution >= 0.6 is 0 Å². The minimum atomic E-state index is -4.28. The molecule has 0 aliphatic heterocycles. The van der Waals surface area contributed by atoms with Crippen molar-refractivity contribution in [3.8, 4) is 5.75 Å². The molecule has 0 aromatic heterocycles. The van der Waals surface area contributed by atoms with Gasteiger partial charge in [-0.05, 0) is 31.9 Å². The van der Waals surface area contributed by atoms with E-state index in [1.165, 1.54) is 26.2 Å². The van der Waals surface area contributed by atoms with Crippen molar-refractivity contribution in [3.63, 3.8) is 0 Å². The van der Waals surface area contributed by atoms with Gasteiger partial charge in [0.05, 0.1) is 18.3 Å². The highest BCUT2D eigenvalue weighted by Gasteiger charge is 2.33. The Kier molecular flexibility index (Phi) is 4.79. The maximum Gasteiger partial charge on any atom is 0.389 e. The highest BCUT2D eigenvalue weighted by Crippen LogP contribution is 2.36. The summed E-state index contributed by atoms with van der Waals surface area (Å²) < 4.78 is 54.9. The van der Waals surface area contributed by atoms with Crippen LogP contribution in [0.5, 0.6) is 5.75 Å². The van der Waals surface area contributed by atoms with Crippen LogP contribution in [0.15, 0.2) is 18.2 Å². The Labute approximate surface area is 109 Å². The molecule has 0 saturated carbocycles.